The van der Waals surface area contributed by atoms with Crippen LogP contribution in [-0.2, 0) is 41.0 Å². The molecule has 2 unspecified atom stereocenters. The Morgan fingerprint density at radius 3 is 1.08 bits per heavy atom. The third kappa shape index (κ3) is 10.5. The zero-order valence-corrected chi connectivity index (χ0v) is 12.4. The van der Waals surface area contributed by atoms with Crippen molar-refractivity contribution in [3.63, 3.8) is 0 Å². The number of carboxylic acids is 5. The van der Waals surface area contributed by atoms with Crippen LogP contribution < -0.4 is 0 Å². The van der Waals surface area contributed by atoms with Crippen LogP contribution in [0.15, 0.2) is 0 Å². The number of aliphatic carboxylic acids is 5. The maximum absolute atomic E-state index is 10.3. The van der Waals surface area contributed by atoms with Gasteiger partial charge in [-0.15, -0.1) is 0 Å². The fourth-order valence-corrected chi connectivity index (χ4v) is 0.984. The van der Waals surface area contributed by atoms with E-state index in [-0.39, 0.29) is 17.1 Å². The summed E-state index contributed by atoms with van der Waals surface area (Å²) >= 11 is 0. The van der Waals surface area contributed by atoms with E-state index in [4.69, 9.17) is 40.9 Å². The Morgan fingerprint density at radius 2 is 0.958 bits per heavy atom. The fraction of sp³-hybridized carbons (Fsp3) is 0.500. The monoisotopic (exact) mass is 405 g/mol. The number of aliphatic hydroxyl groups is 3. The van der Waals surface area contributed by atoms with E-state index >= 15 is 0 Å². The van der Waals surface area contributed by atoms with Crippen LogP contribution in [0.4, 0.5) is 0 Å². The predicted molar refractivity (Wildman–Crippen MR) is 64.4 cm³/mol. The van der Waals surface area contributed by atoms with Gasteiger partial charge in [0.05, 0.1) is 12.8 Å². The molecular weight excluding hydrogens is 392 g/mol. The zero-order chi connectivity index (χ0) is 19.0. The number of carboxylic acid groups (broad SMARTS) is 5. The zero-order valence-electron chi connectivity index (χ0n) is 11.5. The SMILES string of the molecule is O=C(O)C(O)C(O)C(=O)O.O=C(O)CC(O)(CC(=O)O)C(=O)O.[Cu]. The second-order valence-corrected chi connectivity index (χ2v) is 4.04. The standard InChI is InChI=1S/C6H8O7.C4H6O6.Cu/c7-3(8)1-6(13,5(11)12)2-4(9)10;5-1(3(7)8)2(6)4(9)10;/h13H,1-2H2,(H,7,8)(H,9,10)(H,11,12);1-2,5-6H,(H,7,8)(H,9,10);. The summed E-state index contributed by atoms with van der Waals surface area (Å²) in [6.07, 6.45) is -6.82. The van der Waals surface area contributed by atoms with Gasteiger partial charge in [0, 0.05) is 17.1 Å². The quantitative estimate of drug-likeness (QED) is 0.184. The Labute approximate surface area is 143 Å². The predicted octanol–water partition coefficient (Wildman–Crippen LogP) is -3.37. The first-order valence-corrected chi connectivity index (χ1v) is 5.45. The normalized spacial score (nSPS) is 12.5. The number of rotatable bonds is 8. The molecule has 0 bridgehead atoms. The van der Waals surface area contributed by atoms with Gasteiger partial charge in [-0.3, -0.25) is 9.59 Å². The minimum atomic E-state index is -2.74. The summed E-state index contributed by atoms with van der Waals surface area (Å²) in [5, 5.41) is 66.3. The van der Waals surface area contributed by atoms with Gasteiger partial charge in [0.15, 0.2) is 17.8 Å². The van der Waals surface area contributed by atoms with Crippen LogP contribution in [0.3, 0.4) is 0 Å². The van der Waals surface area contributed by atoms with E-state index in [0.29, 0.717) is 0 Å². The van der Waals surface area contributed by atoms with E-state index in [2.05, 4.69) is 0 Å². The first-order chi connectivity index (χ1) is 10.2. The molecule has 0 amide bonds. The number of hydrogen-bond donors (Lipinski definition) is 8. The van der Waals surface area contributed by atoms with Gasteiger partial charge in [-0.2, -0.15) is 0 Å². The molecule has 0 aromatic heterocycles. The number of carbonyl (C=O) groups is 5. The Bertz CT molecular complexity index is 453. The summed E-state index contributed by atoms with van der Waals surface area (Å²) in [5.74, 6) is -8.56. The van der Waals surface area contributed by atoms with E-state index in [9.17, 15) is 24.0 Å². The van der Waals surface area contributed by atoms with Gasteiger partial charge in [0.1, 0.15) is 0 Å². The molecule has 0 fully saturated rings. The van der Waals surface area contributed by atoms with Gasteiger partial charge in [-0.25, -0.2) is 14.4 Å². The Morgan fingerprint density at radius 1 is 0.708 bits per heavy atom. The van der Waals surface area contributed by atoms with Crippen LogP contribution in [0, 0.1) is 0 Å². The van der Waals surface area contributed by atoms with Crippen molar-refractivity contribution in [3.05, 3.63) is 0 Å². The Balaban J connectivity index is -0.000000364. The van der Waals surface area contributed by atoms with Crippen molar-refractivity contribution in [1.29, 1.82) is 0 Å². The van der Waals surface area contributed by atoms with Gasteiger partial charge in [-0.1, -0.05) is 0 Å². The molecule has 14 heteroatoms. The Kier molecular flexibility index (Phi) is 12.6. The van der Waals surface area contributed by atoms with Crippen molar-refractivity contribution >= 4 is 29.8 Å². The maximum atomic E-state index is 10.3. The number of aliphatic hydroxyl groups excluding tert-OH is 2. The molecule has 24 heavy (non-hydrogen) atoms. The molecule has 143 valence electrons. The summed E-state index contributed by atoms with van der Waals surface area (Å²) < 4.78 is 0. The average Bonchev–Trinajstić information content (AvgIpc) is 2.35. The van der Waals surface area contributed by atoms with E-state index in [1.54, 1.807) is 0 Å². The van der Waals surface area contributed by atoms with Crippen LogP contribution in [0.1, 0.15) is 12.8 Å². The summed E-state index contributed by atoms with van der Waals surface area (Å²) in [7, 11) is 0. The molecule has 8 N–H and O–H groups in total. The summed E-state index contributed by atoms with van der Waals surface area (Å²) in [4.78, 5) is 50.0. The van der Waals surface area contributed by atoms with Crippen molar-refractivity contribution in [3.8, 4) is 0 Å². The Hall–Kier alpha value is -2.25. The molecule has 13 nitrogen and oxygen atoms in total. The summed E-state index contributed by atoms with van der Waals surface area (Å²) in [6.45, 7) is 0. The van der Waals surface area contributed by atoms with Crippen molar-refractivity contribution in [2.75, 3.05) is 0 Å². The average molecular weight is 406 g/mol. The van der Waals surface area contributed by atoms with Crippen molar-refractivity contribution in [2.45, 2.75) is 30.7 Å². The maximum Gasteiger partial charge on any atom is 0.336 e. The van der Waals surface area contributed by atoms with Gasteiger partial charge in [0.2, 0.25) is 0 Å². The molecular formula is C10H14CuO13. The minimum absolute atomic E-state index is 0. The van der Waals surface area contributed by atoms with Crippen LogP contribution in [0.2, 0.25) is 0 Å². The summed E-state index contributed by atoms with van der Waals surface area (Å²) in [6, 6.07) is 0. The molecule has 0 aliphatic rings. The first-order valence-electron chi connectivity index (χ1n) is 5.45. The molecule has 0 aliphatic carbocycles. The van der Waals surface area contributed by atoms with E-state index in [1.807, 2.05) is 0 Å². The fourth-order valence-electron chi connectivity index (χ4n) is 0.984. The van der Waals surface area contributed by atoms with Crippen molar-refractivity contribution in [1.82, 2.24) is 0 Å². The van der Waals surface area contributed by atoms with Crippen molar-refractivity contribution in [2.24, 2.45) is 0 Å². The molecule has 1 radical (unpaired) electrons. The van der Waals surface area contributed by atoms with Crippen LogP contribution in [-0.4, -0.2) is 88.5 Å². The molecule has 0 aromatic rings. The molecule has 0 heterocycles. The molecule has 0 spiro atoms. The van der Waals surface area contributed by atoms with Gasteiger partial charge < -0.3 is 40.9 Å². The van der Waals surface area contributed by atoms with Crippen LogP contribution in [0.5, 0.6) is 0 Å². The molecule has 0 aromatic carbocycles. The van der Waals surface area contributed by atoms with Crippen molar-refractivity contribution < 1.29 is 81.9 Å². The second-order valence-electron chi connectivity index (χ2n) is 4.04. The molecule has 0 saturated heterocycles. The van der Waals surface area contributed by atoms with E-state index in [0.717, 1.165) is 0 Å². The minimum Gasteiger partial charge on any atom is -0.481 e. The molecule has 0 saturated carbocycles. The smallest absolute Gasteiger partial charge is 0.336 e. The largest absolute Gasteiger partial charge is 0.481 e. The van der Waals surface area contributed by atoms with Gasteiger partial charge >= 0.3 is 29.8 Å². The van der Waals surface area contributed by atoms with E-state index in [1.165, 1.54) is 0 Å². The first kappa shape index (κ1) is 26.6. The molecule has 0 rings (SSSR count). The van der Waals surface area contributed by atoms with Crippen LogP contribution in [0.25, 0.3) is 0 Å². The molecule has 2 atom stereocenters. The van der Waals surface area contributed by atoms with Crippen LogP contribution >= 0.6 is 0 Å². The molecule has 0 aliphatic heterocycles. The third-order valence-corrected chi connectivity index (χ3v) is 2.09. The summed E-state index contributed by atoms with van der Waals surface area (Å²) in [5.41, 5.74) is -2.74. The second kappa shape index (κ2) is 11.3. The third-order valence-electron chi connectivity index (χ3n) is 2.09. The van der Waals surface area contributed by atoms with Gasteiger partial charge in [-0.05, 0) is 0 Å². The number of hydrogen-bond acceptors (Lipinski definition) is 8. The topological polar surface area (TPSA) is 247 Å². The van der Waals surface area contributed by atoms with Gasteiger partial charge in [0.25, 0.3) is 0 Å². The van der Waals surface area contributed by atoms with E-state index < -0.39 is 60.5 Å².